The standard InChI is InChI=1S/C14H20N2O5/c1-8-9(5-10(21-8)14(2,3)4)13(20)16-6-11(17)15-7-12(18)19/h5H,6-7H2,1-4H3,(H,15,17)(H,16,20)(H,18,19)/p-1. The van der Waals surface area contributed by atoms with Crippen LogP contribution in [0.5, 0.6) is 0 Å². The molecule has 2 N–H and O–H groups in total. The van der Waals surface area contributed by atoms with Crippen molar-refractivity contribution < 1.29 is 23.9 Å². The summed E-state index contributed by atoms with van der Waals surface area (Å²) < 4.78 is 5.54. The number of hydrogen-bond acceptors (Lipinski definition) is 5. The van der Waals surface area contributed by atoms with E-state index in [-0.39, 0.29) is 12.0 Å². The Kier molecular flexibility index (Phi) is 5.12. The first-order chi connectivity index (χ1) is 9.61. The van der Waals surface area contributed by atoms with Gasteiger partial charge in [0.05, 0.1) is 24.6 Å². The first-order valence-corrected chi connectivity index (χ1v) is 6.47. The van der Waals surface area contributed by atoms with Crippen molar-refractivity contribution in [3.63, 3.8) is 0 Å². The number of carboxylic acids is 1. The molecule has 0 aliphatic carbocycles. The Morgan fingerprint density at radius 1 is 1.19 bits per heavy atom. The lowest BCUT2D eigenvalue weighted by molar-refractivity contribution is -0.304. The van der Waals surface area contributed by atoms with E-state index >= 15 is 0 Å². The Bertz CT molecular complexity index is 554. The summed E-state index contributed by atoms with van der Waals surface area (Å²) in [5.41, 5.74) is 0.127. The van der Waals surface area contributed by atoms with Gasteiger partial charge >= 0.3 is 0 Å². The number of aryl methyl sites for hydroxylation is 1. The fourth-order valence-corrected chi connectivity index (χ4v) is 1.57. The molecule has 0 unspecified atom stereocenters. The highest BCUT2D eigenvalue weighted by Gasteiger charge is 2.23. The molecule has 0 aromatic carbocycles. The van der Waals surface area contributed by atoms with Crippen LogP contribution in [-0.4, -0.2) is 30.9 Å². The Morgan fingerprint density at radius 3 is 2.29 bits per heavy atom. The largest absolute Gasteiger partial charge is 0.548 e. The van der Waals surface area contributed by atoms with Crippen LogP contribution in [0.3, 0.4) is 0 Å². The zero-order valence-electron chi connectivity index (χ0n) is 12.5. The van der Waals surface area contributed by atoms with Crippen molar-refractivity contribution in [3.05, 3.63) is 23.2 Å². The van der Waals surface area contributed by atoms with Crippen LogP contribution < -0.4 is 15.7 Å². The maximum atomic E-state index is 12.0. The summed E-state index contributed by atoms with van der Waals surface area (Å²) in [6, 6.07) is 1.64. The third-order valence-electron chi connectivity index (χ3n) is 2.74. The fourth-order valence-electron chi connectivity index (χ4n) is 1.57. The second-order valence-electron chi connectivity index (χ2n) is 5.66. The summed E-state index contributed by atoms with van der Waals surface area (Å²) in [4.78, 5) is 33.4. The van der Waals surface area contributed by atoms with E-state index in [0.29, 0.717) is 17.1 Å². The number of hydrogen-bond donors (Lipinski definition) is 2. The van der Waals surface area contributed by atoms with Crippen molar-refractivity contribution in [3.8, 4) is 0 Å². The molecule has 1 aromatic heterocycles. The van der Waals surface area contributed by atoms with Gasteiger partial charge in [0.2, 0.25) is 5.91 Å². The van der Waals surface area contributed by atoms with Crippen molar-refractivity contribution in [1.29, 1.82) is 0 Å². The molecule has 116 valence electrons. The normalized spacial score (nSPS) is 11.0. The van der Waals surface area contributed by atoms with Gasteiger partial charge in [-0.15, -0.1) is 0 Å². The van der Waals surface area contributed by atoms with Crippen molar-refractivity contribution in [2.24, 2.45) is 0 Å². The fraction of sp³-hybridized carbons (Fsp3) is 0.500. The van der Waals surface area contributed by atoms with Gasteiger partial charge in [-0.1, -0.05) is 20.8 Å². The summed E-state index contributed by atoms with van der Waals surface area (Å²) >= 11 is 0. The lowest BCUT2D eigenvalue weighted by Crippen LogP contribution is -2.42. The Balaban J connectivity index is 2.62. The highest BCUT2D eigenvalue weighted by molar-refractivity contribution is 5.97. The average molecular weight is 295 g/mol. The summed E-state index contributed by atoms with van der Waals surface area (Å²) in [7, 11) is 0. The average Bonchev–Trinajstić information content (AvgIpc) is 2.75. The third-order valence-corrected chi connectivity index (χ3v) is 2.74. The van der Waals surface area contributed by atoms with Gasteiger partial charge < -0.3 is 25.0 Å². The highest BCUT2D eigenvalue weighted by Crippen LogP contribution is 2.26. The Morgan fingerprint density at radius 2 is 1.81 bits per heavy atom. The molecule has 0 saturated heterocycles. The number of carbonyl (C=O) groups is 3. The maximum absolute atomic E-state index is 12.0. The molecule has 0 aliphatic heterocycles. The van der Waals surface area contributed by atoms with Crippen LogP contribution >= 0.6 is 0 Å². The first kappa shape index (κ1) is 16.7. The van der Waals surface area contributed by atoms with E-state index in [4.69, 9.17) is 4.42 Å². The van der Waals surface area contributed by atoms with Crippen LogP contribution in [0.2, 0.25) is 0 Å². The lowest BCUT2D eigenvalue weighted by atomic mass is 9.93. The van der Waals surface area contributed by atoms with E-state index < -0.39 is 24.3 Å². The minimum atomic E-state index is -1.39. The summed E-state index contributed by atoms with van der Waals surface area (Å²) in [5.74, 6) is -1.31. The van der Waals surface area contributed by atoms with Gasteiger partial charge in [0.25, 0.3) is 5.91 Å². The van der Waals surface area contributed by atoms with E-state index in [9.17, 15) is 19.5 Å². The van der Waals surface area contributed by atoms with Crippen molar-refractivity contribution in [2.75, 3.05) is 13.1 Å². The van der Waals surface area contributed by atoms with Gasteiger partial charge in [-0.05, 0) is 13.0 Å². The van der Waals surface area contributed by atoms with Crippen molar-refractivity contribution in [2.45, 2.75) is 33.1 Å². The smallest absolute Gasteiger partial charge is 0.255 e. The quantitative estimate of drug-likeness (QED) is 0.759. The summed E-state index contributed by atoms with van der Waals surface area (Å²) in [5, 5.41) is 14.7. The number of nitrogens with one attached hydrogen (secondary N) is 2. The minimum absolute atomic E-state index is 0.227. The van der Waals surface area contributed by atoms with E-state index in [1.165, 1.54) is 0 Å². The molecule has 21 heavy (non-hydrogen) atoms. The van der Waals surface area contributed by atoms with Crippen molar-refractivity contribution >= 4 is 17.8 Å². The van der Waals surface area contributed by atoms with Gasteiger partial charge in [0.15, 0.2) is 0 Å². The molecular formula is C14H19N2O5-. The number of amides is 2. The second kappa shape index (κ2) is 6.43. The van der Waals surface area contributed by atoms with Gasteiger partial charge in [-0.2, -0.15) is 0 Å². The number of carbonyl (C=O) groups excluding carboxylic acids is 3. The molecule has 0 saturated carbocycles. The predicted octanol–water partition coefficient (Wildman–Crippen LogP) is -0.519. The molecule has 1 aromatic rings. The molecule has 0 bridgehead atoms. The zero-order valence-corrected chi connectivity index (χ0v) is 12.5. The molecule has 0 fully saturated rings. The highest BCUT2D eigenvalue weighted by atomic mass is 16.4. The predicted molar refractivity (Wildman–Crippen MR) is 72.5 cm³/mol. The molecular weight excluding hydrogens is 276 g/mol. The Labute approximate surface area is 122 Å². The molecule has 0 aliphatic rings. The van der Waals surface area contributed by atoms with Gasteiger partial charge in [0.1, 0.15) is 11.5 Å². The molecule has 7 nitrogen and oxygen atoms in total. The van der Waals surface area contributed by atoms with Crippen LogP contribution in [0.4, 0.5) is 0 Å². The number of rotatable bonds is 5. The zero-order chi connectivity index (χ0) is 16.2. The number of carboxylic acid groups (broad SMARTS) is 1. The Hall–Kier alpha value is -2.31. The molecule has 1 rings (SSSR count). The van der Waals surface area contributed by atoms with Crippen LogP contribution in [-0.2, 0) is 15.0 Å². The monoisotopic (exact) mass is 295 g/mol. The van der Waals surface area contributed by atoms with Crippen LogP contribution in [0, 0.1) is 6.92 Å². The number of aliphatic carboxylic acids is 1. The van der Waals surface area contributed by atoms with Gasteiger partial charge in [-0.25, -0.2) is 0 Å². The van der Waals surface area contributed by atoms with Crippen molar-refractivity contribution in [1.82, 2.24) is 10.6 Å². The van der Waals surface area contributed by atoms with Crippen LogP contribution in [0.1, 0.15) is 42.6 Å². The lowest BCUT2D eigenvalue weighted by Gasteiger charge is -2.13. The minimum Gasteiger partial charge on any atom is -0.548 e. The summed E-state index contributed by atoms with van der Waals surface area (Å²) in [6.07, 6.45) is 0. The van der Waals surface area contributed by atoms with Crippen LogP contribution in [0.25, 0.3) is 0 Å². The van der Waals surface area contributed by atoms with E-state index in [2.05, 4.69) is 10.6 Å². The van der Waals surface area contributed by atoms with E-state index in [1.807, 2.05) is 20.8 Å². The molecule has 2 amide bonds. The molecule has 7 heteroatoms. The van der Waals surface area contributed by atoms with Gasteiger partial charge in [-0.3, -0.25) is 9.59 Å². The second-order valence-corrected chi connectivity index (χ2v) is 5.66. The molecule has 0 spiro atoms. The van der Waals surface area contributed by atoms with E-state index in [0.717, 1.165) is 0 Å². The maximum Gasteiger partial charge on any atom is 0.255 e. The molecule has 0 radical (unpaired) electrons. The molecule has 0 atom stereocenters. The summed E-state index contributed by atoms with van der Waals surface area (Å²) in [6.45, 7) is 6.64. The van der Waals surface area contributed by atoms with Gasteiger partial charge in [0, 0.05) is 5.41 Å². The first-order valence-electron chi connectivity index (χ1n) is 6.47. The van der Waals surface area contributed by atoms with E-state index in [1.54, 1.807) is 13.0 Å². The SMILES string of the molecule is Cc1oc(C(C)(C)C)cc1C(=O)NCC(=O)NCC(=O)[O-]. The van der Waals surface area contributed by atoms with Crippen LogP contribution in [0.15, 0.2) is 10.5 Å². The molecule has 1 heterocycles. The number of furan rings is 1. The third kappa shape index (κ3) is 4.94. The topological polar surface area (TPSA) is 111 Å².